The largest absolute Gasteiger partial charge is 0.462 e. The lowest BCUT2D eigenvalue weighted by molar-refractivity contribution is -0.169. The summed E-state index contributed by atoms with van der Waals surface area (Å²) >= 11 is 0. The molecule has 0 amide bonds. The number of ether oxygens (including phenoxy) is 5. The summed E-state index contributed by atoms with van der Waals surface area (Å²) in [6.45, 7) is 0.562. The van der Waals surface area contributed by atoms with E-state index in [2.05, 4.69) is 18.1 Å². The fourth-order valence-corrected chi connectivity index (χ4v) is 6.72. The summed E-state index contributed by atoms with van der Waals surface area (Å²) < 4.78 is 31.5. The van der Waals surface area contributed by atoms with Gasteiger partial charge < -0.3 is 23.7 Å². The minimum atomic E-state index is -0.207. The minimum absolute atomic E-state index is 0.0222. The molecule has 7 atom stereocenters. The highest BCUT2D eigenvalue weighted by Crippen LogP contribution is 2.33. The van der Waals surface area contributed by atoms with E-state index >= 15 is 0 Å². The van der Waals surface area contributed by atoms with Crippen LogP contribution in [0.5, 0.6) is 0 Å². The third kappa shape index (κ3) is 11.7. The minimum Gasteiger partial charge on any atom is -0.462 e. The smallest absolute Gasteiger partial charge is 0.308 e. The van der Waals surface area contributed by atoms with Crippen molar-refractivity contribution in [1.82, 2.24) is 0 Å². The second-order valence-corrected chi connectivity index (χ2v) is 12.3. The number of carbonyl (C=O) groups is 1. The van der Waals surface area contributed by atoms with Crippen molar-refractivity contribution in [1.29, 1.82) is 0 Å². The molecule has 1 aromatic carbocycles. The maximum absolute atomic E-state index is 13.3. The number of hydrogen-bond acceptors (Lipinski definition) is 6. The fourth-order valence-electron chi connectivity index (χ4n) is 6.72. The van der Waals surface area contributed by atoms with Gasteiger partial charge in [0.1, 0.15) is 6.10 Å². The van der Waals surface area contributed by atoms with E-state index in [9.17, 15) is 4.79 Å². The van der Waals surface area contributed by atoms with E-state index in [0.29, 0.717) is 13.0 Å². The third-order valence-corrected chi connectivity index (χ3v) is 8.90. The molecule has 0 spiro atoms. The van der Waals surface area contributed by atoms with E-state index in [-0.39, 0.29) is 55.1 Å². The Bertz CT molecular complexity index is 913. The molecule has 3 aliphatic heterocycles. The van der Waals surface area contributed by atoms with Crippen LogP contribution in [0, 0.1) is 12.3 Å². The number of fused-ring (bicyclic) bond motifs is 4. The number of carbonyl (C=O) groups excluding carboxylic acids is 1. The molecule has 2 unspecified atom stereocenters. The first-order chi connectivity index (χ1) is 20.1. The summed E-state index contributed by atoms with van der Waals surface area (Å²) in [5, 5.41) is 0. The average Bonchev–Trinajstić information content (AvgIpc) is 2.97. The molecule has 0 N–H and O–H groups in total. The highest BCUT2D eigenvalue weighted by atomic mass is 16.6. The van der Waals surface area contributed by atoms with Gasteiger partial charge in [-0.3, -0.25) is 4.79 Å². The molecular weight excluding hydrogens is 516 g/mol. The molecule has 3 heterocycles. The van der Waals surface area contributed by atoms with Crippen LogP contribution in [-0.4, -0.2) is 55.8 Å². The van der Waals surface area contributed by atoms with Gasteiger partial charge in [0, 0.05) is 26.4 Å². The summed E-state index contributed by atoms with van der Waals surface area (Å²) in [6.07, 6.45) is 21.6. The van der Waals surface area contributed by atoms with Crippen LogP contribution in [0.25, 0.3) is 0 Å². The predicted octanol–water partition coefficient (Wildman–Crippen LogP) is 7.31. The number of rotatable bonds is 12. The van der Waals surface area contributed by atoms with Gasteiger partial charge in [-0.05, 0) is 63.4 Å². The molecule has 41 heavy (non-hydrogen) atoms. The van der Waals surface area contributed by atoms with Crippen molar-refractivity contribution in [2.24, 2.45) is 0 Å². The highest BCUT2D eigenvalue weighted by Gasteiger charge is 2.36. The summed E-state index contributed by atoms with van der Waals surface area (Å²) in [5.74, 6) is 2.56. The standard InChI is InChI=1S/C35H52O6/c1-3-4-5-6-7-8-9-13-17-30-20-28-18-14-19-29(39-28)21-31(37-2)22-33-23-32(24-34(40-33)25-35(36)41-30)38-26-27-15-11-10-12-16-27/h1,10-12,15-16,28-34H,4-9,13-14,17-26H2,2H3/t28-,29?,30-,31+,32-,33?,34-/m0/s1. The summed E-state index contributed by atoms with van der Waals surface area (Å²) in [7, 11) is 1.79. The van der Waals surface area contributed by atoms with Crippen LogP contribution < -0.4 is 0 Å². The van der Waals surface area contributed by atoms with Gasteiger partial charge in [-0.15, -0.1) is 12.3 Å². The number of hydrogen-bond donors (Lipinski definition) is 0. The predicted molar refractivity (Wildman–Crippen MR) is 160 cm³/mol. The Morgan fingerprint density at radius 2 is 1.49 bits per heavy atom. The van der Waals surface area contributed by atoms with Gasteiger partial charge in [-0.2, -0.15) is 0 Å². The highest BCUT2D eigenvalue weighted by molar-refractivity contribution is 5.70. The first-order valence-corrected chi connectivity index (χ1v) is 16.2. The Labute approximate surface area is 248 Å². The summed E-state index contributed by atoms with van der Waals surface area (Å²) in [6, 6.07) is 10.3. The molecule has 3 aliphatic rings. The molecular formula is C35H52O6. The number of esters is 1. The van der Waals surface area contributed by atoms with Gasteiger partial charge in [-0.25, -0.2) is 0 Å². The van der Waals surface area contributed by atoms with Crippen LogP contribution in [0.4, 0.5) is 0 Å². The van der Waals surface area contributed by atoms with Gasteiger partial charge >= 0.3 is 5.97 Å². The molecule has 0 aliphatic carbocycles. The van der Waals surface area contributed by atoms with Crippen molar-refractivity contribution >= 4 is 5.97 Å². The zero-order valence-corrected chi connectivity index (χ0v) is 25.2. The van der Waals surface area contributed by atoms with Crippen LogP contribution in [0.2, 0.25) is 0 Å². The van der Waals surface area contributed by atoms with Gasteiger partial charge in [0.25, 0.3) is 0 Å². The van der Waals surface area contributed by atoms with Gasteiger partial charge in [0.15, 0.2) is 0 Å². The van der Waals surface area contributed by atoms with E-state index in [1.165, 1.54) is 19.3 Å². The lowest BCUT2D eigenvalue weighted by Crippen LogP contribution is -2.42. The Balaban J connectivity index is 1.37. The summed E-state index contributed by atoms with van der Waals surface area (Å²) in [4.78, 5) is 13.3. The van der Waals surface area contributed by atoms with Crippen molar-refractivity contribution < 1.29 is 28.5 Å². The topological polar surface area (TPSA) is 63.2 Å². The molecule has 0 radical (unpaired) electrons. The van der Waals surface area contributed by atoms with Crippen LogP contribution in [0.3, 0.4) is 0 Å². The zero-order valence-electron chi connectivity index (χ0n) is 25.2. The van der Waals surface area contributed by atoms with E-state index in [1.54, 1.807) is 7.11 Å². The fraction of sp³-hybridized carbons (Fsp3) is 0.743. The molecule has 6 nitrogen and oxygen atoms in total. The first kappa shape index (κ1) is 32.0. The van der Waals surface area contributed by atoms with Crippen molar-refractivity contribution in [2.75, 3.05) is 7.11 Å². The molecule has 3 fully saturated rings. The third-order valence-electron chi connectivity index (χ3n) is 8.90. The summed E-state index contributed by atoms with van der Waals surface area (Å²) in [5.41, 5.74) is 1.16. The molecule has 0 saturated carbocycles. The van der Waals surface area contributed by atoms with Crippen LogP contribution in [0.15, 0.2) is 30.3 Å². The van der Waals surface area contributed by atoms with Crippen molar-refractivity contribution in [2.45, 2.75) is 158 Å². The Hall–Kier alpha value is -1.91. The lowest BCUT2D eigenvalue weighted by atomic mass is 9.91. The molecule has 4 bridgehead atoms. The van der Waals surface area contributed by atoms with Crippen molar-refractivity contribution in [3.05, 3.63) is 35.9 Å². The van der Waals surface area contributed by atoms with Crippen molar-refractivity contribution in [3.8, 4) is 12.3 Å². The Morgan fingerprint density at radius 3 is 2.27 bits per heavy atom. The second-order valence-electron chi connectivity index (χ2n) is 12.3. The normalized spacial score (nSPS) is 31.0. The molecule has 1 aromatic rings. The number of methoxy groups -OCH3 is 1. The van der Waals surface area contributed by atoms with Crippen LogP contribution >= 0.6 is 0 Å². The average molecular weight is 569 g/mol. The number of cyclic esters (lactones) is 1. The SMILES string of the molecule is C#CCCCCCCCC[C@H]1C[C@@H]2CCCC(C[C@@H](OC)CC3C[C@H](OCc4ccccc4)C[C@@H](CC(=O)O1)O3)O2. The van der Waals surface area contributed by atoms with Crippen LogP contribution in [0.1, 0.15) is 115 Å². The maximum Gasteiger partial charge on any atom is 0.308 e. The zero-order chi connectivity index (χ0) is 28.7. The van der Waals surface area contributed by atoms with Gasteiger partial charge in [0.05, 0.1) is 49.7 Å². The molecule has 4 rings (SSSR count). The monoisotopic (exact) mass is 568 g/mol. The second kappa shape index (κ2) is 17.9. The first-order valence-electron chi connectivity index (χ1n) is 16.2. The van der Waals surface area contributed by atoms with E-state index < -0.39 is 0 Å². The van der Waals surface area contributed by atoms with E-state index in [1.807, 2.05) is 18.2 Å². The van der Waals surface area contributed by atoms with Crippen LogP contribution in [-0.2, 0) is 35.1 Å². The molecule has 228 valence electrons. The molecule has 6 heteroatoms. The van der Waals surface area contributed by atoms with Crippen molar-refractivity contribution in [3.63, 3.8) is 0 Å². The Morgan fingerprint density at radius 1 is 0.829 bits per heavy atom. The van der Waals surface area contributed by atoms with E-state index in [0.717, 1.165) is 82.6 Å². The quantitative estimate of drug-likeness (QED) is 0.150. The number of unbranched alkanes of at least 4 members (excludes halogenated alkanes) is 6. The van der Waals surface area contributed by atoms with Gasteiger partial charge in [0.2, 0.25) is 0 Å². The lowest BCUT2D eigenvalue weighted by Gasteiger charge is -2.38. The Kier molecular flexibility index (Phi) is 14.0. The molecule has 3 saturated heterocycles. The molecule has 0 aromatic heterocycles. The van der Waals surface area contributed by atoms with Gasteiger partial charge in [-0.1, -0.05) is 56.0 Å². The number of benzene rings is 1. The number of terminal acetylenes is 1. The van der Waals surface area contributed by atoms with E-state index in [4.69, 9.17) is 30.1 Å². The maximum atomic E-state index is 13.3.